The fourth-order valence-electron chi connectivity index (χ4n) is 2.04. The molecule has 0 saturated carbocycles. The number of ketones is 1. The number of nitrogens with one attached hydrogen (secondary N) is 1. The Morgan fingerprint density at radius 2 is 1.80 bits per heavy atom. The van der Waals surface area contributed by atoms with Crippen LogP contribution in [-0.4, -0.2) is 23.8 Å². The van der Waals surface area contributed by atoms with Crippen LogP contribution in [0.25, 0.3) is 0 Å². The van der Waals surface area contributed by atoms with E-state index >= 15 is 0 Å². The maximum Gasteiger partial charge on any atom is 0.237 e. The summed E-state index contributed by atoms with van der Waals surface area (Å²) in [6, 6.07) is 8.56. The molecule has 110 valence electrons. The van der Waals surface area contributed by atoms with Gasteiger partial charge in [0.1, 0.15) is 0 Å². The zero-order valence-corrected chi connectivity index (χ0v) is 12.4. The molecule has 1 amide bonds. The van der Waals surface area contributed by atoms with Crippen LogP contribution in [0.2, 0.25) is 0 Å². The van der Waals surface area contributed by atoms with Crippen LogP contribution in [0.5, 0.6) is 0 Å². The lowest BCUT2D eigenvalue weighted by atomic mass is 10.0. The molecular weight excluding hydrogens is 252 g/mol. The third kappa shape index (κ3) is 5.53. The Morgan fingerprint density at radius 3 is 2.30 bits per heavy atom. The van der Waals surface area contributed by atoms with Crippen molar-refractivity contribution in [2.75, 3.05) is 0 Å². The molecule has 0 radical (unpaired) electrons. The van der Waals surface area contributed by atoms with Crippen molar-refractivity contribution >= 4 is 11.7 Å². The Labute approximate surface area is 120 Å². The fourth-order valence-corrected chi connectivity index (χ4v) is 2.04. The van der Waals surface area contributed by atoms with Gasteiger partial charge in [0, 0.05) is 0 Å². The van der Waals surface area contributed by atoms with Crippen LogP contribution in [0.4, 0.5) is 0 Å². The first-order valence-corrected chi connectivity index (χ1v) is 7.00. The van der Waals surface area contributed by atoms with Crippen LogP contribution in [0.3, 0.4) is 0 Å². The van der Waals surface area contributed by atoms with Gasteiger partial charge in [-0.15, -0.1) is 0 Å². The minimum Gasteiger partial charge on any atom is -0.345 e. The van der Waals surface area contributed by atoms with Gasteiger partial charge in [-0.1, -0.05) is 44.2 Å². The van der Waals surface area contributed by atoms with E-state index in [1.54, 1.807) is 0 Å². The Kier molecular flexibility index (Phi) is 6.39. The molecule has 2 atom stereocenters. The Hall–Kier alpha value is -1.68. The minimum atomic E-state index is -0.562. The molecule has 1 aromatic carbocycles. The summed E-state index contributed by atoms with van der Waals surface area (Å²) in [4.78, 5) is 23.7. The van der Waals surface area contributed by atoms with E-state index in [-0.39, 0.29) is 11.7 Å². The zero-order valence-electron chi connectivity index (χ0n) is 12.4. The zero-order chi connectivity index (χ0) is 15.1. The van der Waals surface area contributed by atoms with E-state index in [0.717, 1.165) is 5.56 Å². The highest BCUT2D eigenvalue weighted by atomic mass is 16.2. The van der Waals surface area contributed by atoms with E-state index in [0.29, 0.717) is 18.8 Å². The normalized spacial score (nSPS) is 13.8. The average Bonchev–Trinajstić information content (AvgIpc) is 2.38. The molecule has 0 aliphatic heterocycles. The van der Waals surface area contributed by atoms with Gasteiger partial charge in [0.2, 0.25) is 5.91 Å². The van der Waals surface area contributed by atoms with Crippen LogP contribution in [0, 0.1) is 5.92 Å². The Morgan fingerprint density at radius 1 is 1.20 bits per heavy atom. The van der Waals surface area contributed by atoms with Gasteiger partial charge >= 0.3 is 0 Å². The second kappa shape index (κ2) is 7.80. The first-order chi connectivity index (χ1) is 9.40. The van der Waals surface area contributed by atoms with Crippen LogP contribution in [0.1, 0.15) is 32.8 Å². The lowest BCUT2D eigenvalue weighted by molar-refractivity contribution is -0.127. The van der Waals surface area contributed by atoms with Gasteiger partial charge < -0.3 is 11.1 Å². The van der Waals surface area contributed by atoms with Crippen molar-refractivity contribution < 1.29 is 9.59 Å². The maximum absolute atomic E-state index is 12.0. The SMILES string of the molecule is CC(=O)[C@H](Cc1ccccc1)NC(=O)[C@@H](N)CC(C)C. The number of hydrogen-bond acceptors (Lipinski definition) is 3. The van der Waals surface area contributed by atoms with Crippen LogP contribution in [-0.2, 0) is 16.0 Å². The van der Waals surface area contributed by atoms with Gasteiger partial charge in [0.05, 0.1) is 12.1 Å². The number of rotatable bonds is 7. The molecule has 0 aliphatic rings. The monoisotopic (exact) mass is 276 g/mol. The number of carbonyl (C=O) groups excluding carboxylic acids is 2. The smallest absolute Gasteiger partial charge is 0.237 e. The molecule has 0 aliphatic carbocycles. The van der Waals surface area contributed by atoms with Gasteiger partial charge in [-0.05, 0) is 31.2 Å². The maximum atomic E-state index is 12.0. The van der Waals surface area contributed by atoms with Crippen molar-refractivity contribution in [1.29, 1.82) is 0 Å². The number of Topliss-reactive ketones (excluding diaryl/α,β-unsaturated/α-hetero) is 1. The molecule has 20 heavy (non-hydrogen) atoms. The predicted molar refractivity (Wildman–Crippen MR) is 80.2 cm³/mol. The third-order valence-electron chi connectivity index (χ3n) is 3.15. The standard InChI is InChI=1S/C16H24N2O2/c1-11(2)9-14(17)16(20)18-15(12(3)19)10-13-7-5-4-6-8-13/h4-8,11,14-15H,9-10,17H2,1-3H3,(H,18,20)/t14-,15-/m0/s1. The van der Waals surface area contributed by atoms with Gasteiger partial charge in [0.25, 0.3) is 0 Å². The first-order valence-electron chi connectivity index (χ1n) is 7.00. The molecule has 4 nitrogen and oxygen atoms in total. The van der Waals surface area contributed by atoms with E-state index in [1.165, 1.54) is 6.92 Å². The number of hydrogen-bond donors (Lipinski definition) is 2. The quantitative estimate of drug-likeness (QED) is 0.796. The third-order valence-corrected chi connectivity index (χ3v) is 3.15. The predicted octanol–water partition coefficient (Wildman–Crippen LogP) is 1.68. The van der Waals surface area contributed by atoms with Gasteiger partial charge in [-0.25, -0.2) is 0 Å². The van der Waals surface area contributed by atoms with E-state index in [2.05, 4.69) is 5.32 Å². The summed E-state index contributed by atoms with van der Waals surface area (Å²) >= 11 is 0. The van der Waals surface area contributed by atoms with Gasteiger partial charge in [-0.3, -0.25) is 9.59 Å². The highest BCUT2D eigenvalue weighted by Gasteiger charge is 2.21. The van der Waals surface area contributed by atoms with E-state index in [1.807, 2.05) is 44.2 Å². The molecule has 0 aromatic heterocycles. The van der Waals surface area contributed by atoms with Crippen molar-refractivity contribution in [2.45, 2.75) is 45.7 Å². The average molecular weight is 276 g/mol. The molecule has 0 unspecified atom stereocenters. The number of amides is 1. The summed E-state index contributed by atoms with van der Waals surface area (Å²) < 4.78 is 0. The molecule has 0 heterocycles. The van der Waals surface area contributed by atoms with Gasteiger partial charge in [0.15, 0.2) is 5.78 Å². The molecule has 1 aromatic rings. The lowest BCUT2D eigenvalue weighted by Gasteiger charge is -2.20. The molecule has 0 spiro atoms. The first kappa shape index (κ1) is 16.4. The summed E-state index contributed by atoms with van der Waals surface area (Å²) in [7, 11) is 0. The lowest BCUT2D eigenvalue weighted by Crippen LogP contribution is -2.49. The molecule has 3 N–H and O–H groups in total. The largest absolute Gasteiger partial charge is 0.345 e. The number of carbonyl (C=O) groups is 2. The van der Waals surface area contributed by atoms with Gasteiger partial charge in [-0.2, -0.15) is 0 Å². The Balaban J connectivity index is 2.64. The van der Waals surface area contributed by atoms with E-state index in [9.17, 15) is 9.59 Å². The second-order valence-electron chi connectivity index (χ2n) is 5.60. The molecule has 0 fully saturated rings. The highest BCUT2D eigenvalue weighted by Crippen LogP contribution is 2.06. The van der Waals surface area contributed by atoms with Crippen LogP contribution < -0.4 is 11.1 Å². The summed E-state index contributed by atoms with van der Waals surface area (Å²) in [6.07, 6.45) is 1.11. The molecular formula is C16H24N2O2. The van der Waals surface area contributed by atoms with Crippen LogP contribution >= 0.6 is 0 Å². The van der Waals surface area contributed by atoms with E-state index < -0.39 is 12.1 Å². The minimum absolute atomic E-state index is 0.0565. The summed E-state index contributed by atoms with van der Waals surface area (Å²) in [5.74, 6) is 0.0365. The Bertz CT molecular complexity index is 443. The summed E-state index contributed by atoms with van der Waals surface area (Å²) in [5.41, 5.74) is 6.86. The fraction of sp³-hybridized carbons (Fsp3) is 0.500. The van der Waals surface area contributed by atoms with Crippen molar-refractivity contribution in [1.82, 2.24) is 5.32 Å². The molecule has 0 bridgehead atoms. The molecule has 0 saturated heterocycles. The van der Waals surface area contributed by atoms with E-state index in [4.69, 9.17) is 5.73 Å². The molecule has 1 rings (SSSR count). The van der Waals surface area contributed by atoms with Crippen molar-refractivity contribution in [3.8, 4) is 0 Å². The van der Waals surface area contributed by atoms with Crippen LogP contribution in [0.15, 0.2) is 30.3 Å². The van der Waals surface area contributed by atoms with Crippen molar-refractivity contribution in [3.63, 3.8) is 0 Å². The number of benzene rings is 1. The topological polar surface area (TPSA) is 72.2 Å². The summed E-state index contributed by atoms with van der Waals surface area (Å²) in [5, 5.41) is 2.76. The molecule has 4 heteroatoms. The number of nitrogens with two attached hydrogens (primary N) is 1. The second-order valence-corrected chi connectivity index (χ2v) is 5.60. The summed E-state index contributed by atoms with van der Waals surface area (Å²) in [6.45, 7) is 5.51. The van der Waals surface area contributed by atoms with Crippen molar-refractivity contribution in [3.05, 3.63) is 35.9 Å². The van der Waals surface area contributed by atoms with Crippen molar-refractivity contribution in [2.24, 2.45) is 11.7 Å². The highest BCUT2D eigenvalue weighted by molar-refractivity contribution is 5.89.